The summed E-state index contributed by atoms with van der Waals surface area (Å²) >= 11 is 0. The first-order chi connectivity index (χ1) is 8.97. The first-order valence-electron chi connectivity index (χ1n) is 6.35. The molecule has 19 heavy (non-hydrogen) atoms. The van der Waals surface area contributed by atoms with Gasteiger partial charge in [-0.05, 0) is 18.6 Å². The maximum Gasteiger partial charge on any atom is 0.323 e. The molecule has 1 rings (SSSR count). The molecule has 0 radical (unpaired) electrons. The summed E-state index contributed by atoms with van der Waals surface area (Å²) in [5.74, 6) is -1.48. The highest BCUT2D eigenvalue weighted by Crippen LogP contribution is 2.24. The second-order valence-electron chi connectivity index (χ2n) is 4.57. The summed E-state index contributed by atoms with van der Waals surface area (Å²) in [7, 11) is 0. The predicted octanol–water partition coefficient (Wildman–Crippen LogP) is 2.12. The second kappa shape index (κ2) is 6.78. The molecule has 1 aromatic carbocycles. The molecule has 0 saturated carbocycles. The van der Waals surface area contributed by atoms with E-state index >= 15 is 0 Å². The van der Waals surface area contributed by atoms with Crippen LogP contribution in [0.15, 0.2) is 24.3 Å². The van der Waals surface area contributed by atoms with Crippen molar-refractivity contribution in [1.82, 2.24) is 0 Å². The molecule has 0 aliphatic carbocycles. The third kappa shape index (κ3) is 3.98. The van der Waals surface area contributed by atoms with Gasteiger partial charge in [0, 0.05) is 5.92 Å². The average molecular weight is 264 g/mol. The lowest BCUT2D eigenvalue weighted by Gasteiger charge is -2.25. The van der Waals surface area contributed by atoms with Gasteiger partial charge in [-0.15, -0.1) is 0 Å². The van der Waals surface area contributed by atoms with Crippen molar-refractivity contribution in [2.75, 3.05) is 17.2 Å². The van der Waals surface area contributed by atoms with E-state index in [4.69, 9.17) is 10.8 Å². The van der Waals surface area contributed by atoms with Crippen LogP contribution in [0.25, 0.3) is 0 Å². The smallest absolute Gasteiger partial charge is 0.323 e. The standard InChI is InChI=1S/C14H20N2O3/c1-3-6-10(2)14(19)16(9-13(17)18)12-8-5-4-7-11(12)15/h4-5,7-8,10H,3,6,9,15H2,1-2H3,(H,17,18). The van der Waals surface area contributed by atoms with Crippen molar-refractivity contribution in [2.24, 2.45) is 5.92 Å². The van der Waals surface area contributed by atoms with Gasteiger partial charge in [0.05, 0.1) is 11.4 Å². The van der Waals surface area contributed by atoms with Gasteiger partial charge in [0.25, 0.3) is 0 Å². The van der Waals surface area contributed by atoms with E-state index in [0.29, 0.717) is 11.4 Å². The number of aliphatic carboxylic acids is 1. The number of amides is 1. The summed E-state index contributed by atoms with van der Waals surface area (Å²) in [5, 5.41) is 8.96. The van der Waals surface area contributed by atoms with E-state index in [9.17, 15) is 9.59 Å². The van der Waals surface area contributed by atoms with Crippen LogP contribution in [-0.4, -0.2) is 23.5 Å². The van der Waals surface area contributed by atoms with Crippen LogP contribution < -0.4 is 10.6 Å². The molecule has 0 aliphatic heterocycles. The SMILES string of the molecule is CCCC(C)C(=O)N(CC(=O)O)c1ccccc1N. The largest absolute Gasteiger partial charge is 0.480 e. The molecule has 1 atom stereocenters. The molecule has 1 aromatic rings. The Hall–Kier alpha value is -2.04. The molecule has 1 unspecified atom stereocenters. The van der Waals surface area contributed by atoms with Crippen molar-refractivity contribution in [3.05, 3.63) is 24.3 Å². The highest BCUT2D eigenvalue weighted by Gasteiger charge is 2.24. The third-order valence-corrected chi connectivity index (χ3v) is 2.93. The lowest BCUT2D eigenvalue weighted by atomic mass is 10.0. The van der Waals surface area contributed by atoms with E-state index in [2.05, 4.69) is 0 Å². The number of carbonyl (C=O) groups excluding carboxylic acids is 1. The van der Waals surface area contributed by atoms with Gasteiger partial charge in [0.15, 0.2) is 0 Å². The van der Waals surface area contributed by atoms with E-state index in [1.165, 1.54) is 4.90 Å². The maximum absolute atomic E-state index is 12.3. The number of carboxylic acids is 1. The number of hydrogen-bond acceptors (Lipinski definition) is 3. The van der Waals surface area contributed by atoms with Crippen molar-refractivity contribution in [1.29, 1.82) is 0 Å². The zero-order chi connectivity index (χ0) is 14.4. The molecule has 0 saturated heterocycles. The van der Waals surface area contributed by atoms with Crippen LogP contribution in [0.3, 0.4) is 0 Å². The topological polar surface area (TPSA) is 83.6 Å². The number of para-hydroxylation sites is 2. The Morgan fingerprint density at radius 1 is 1.37 bits per heavy atom. The van der Waals surface area contributed by atoms with Gasteiger partial charge >= 0.3 is 5.97 Å². The van der Waals surface area contributed by atoms with Crippen molar-refractivity contribution >= 4 is 23.3 Å². The van der Waals surface area contributed by atoms with E-state index < -0.39 is 5.97 Å². The highest BCUT2D eigenvalue weighted by atomic mass is 16.4. The minimum atomic E-state index is -1.06. The minimum Gasteiger partial charge on any atom is -0.480 e. The number of anilines is 2. The Balaban J connectivity index is 3.05. The van der Waals surface area contributed by atoms with Crippen LogP contribution in [0, 0.1) is 5.92 Å². The lowest BCUT2D eigenvalue weighted by molar-refractivity contribution is -0.137. The van der Waals surface area contributed by atoms with Crippen molar-refractivity contribution in [2.45, 2.75) is 26.7 Å². The van der Waals surface area contributed by atoms with E-state index in [0.717, 1.165) is 12.8 Å². The lowest BCUT2D eigenvalue weighted by Crippen LogP contribution is -2.39. The van der Waals surface area contributed by atoms with Gasteiger partial charge in [-0.25, -0.2) is 0 Å². The molecule has 104 valence electrons. The summed E-state index contributed by atoms with van der Waals surface area (Å²) in [6, 6.07) is 6.80. The Kier molecular flexibility index (Phi) is 5.36. The highest BCUT2D eigenvalue weighted by molar-refractivity contribution is 6.00. The average Bonchev–Trinajstić information content (AvgIpc) is 2.36. The quantitative estimate of drug-likeness (QED) is 0.771. The Morgan fingerprint density at radius 2 is 2.00 bits per heavy atom. The van der Waals surface area contributed by atoms with Crippen LogP contribution in [-0.2, 0) is 9.59 Å². The van der Waals surface area contributed by atoms with Crippen LogP contribution >= 0.6 is 0 Å². The molecule has 0 fully saturated rings. The molecule has 0 spiro atoms. The fourth-order valence-corrected chi connectivity index (χ4v) is 1.97. The maximum atomic E-state index is 12.3. The molecule has 0 bridgehead atoms. The van der Waals surface area contributed by atoms with E-state index in [1.54, 1.807) is 31.2 Å². The first kappa shape index (κ1) is 15.0. The van der Waals surface area contributed by atoms with Gasteiger partial charge < -0.3 is 10.8 Å². The minimum absolute atomic E-state index is 0.206. The van der Waals surface area contributed by atoms with Gasteiger partial charge in [-0.3, -0.25) is 14.5 Å². The summed E-state index contributed by atoms with van der Waals surface area (Å²) in [5.41, 5.74) is 6.68. The fourth-order valence-electron chi connectivity index (χ4n) is 1.97. The number of nitrogens with zero attached hydrogens (tertiary/aromatic N) is 1. The van der Waals surface area contributed by atoms with Gasteiger partial charge in [0.1, 0.15) is 6.54 Å². The van der Waals surface area contributed by atoms with Gasteiger partial charge in [-0.1, -0.05) is 32.4 Å². The summed E-state index contributed by atoms with van der Waals surface area (Å²) in [4.78, 5) is 24.5. The Morgan fingerprint density at radius 3 is 2.53 bits per heavy atom. The molecular formula is C14H20N2O3. The molecule has 0 heterocycles. The summed E-state index contributed by atoms with van der Waals surface area (Å²) < 4.78 is 0. The normalized spacial score (nSPS) is 11.9. The Labute approximate surface area is 113 Å². The molecule has 1 amide bonds. The second-order valence-corrected chi connectivity index (χ2v) is 4.57. The number of nitrogens with two attached hydrogens (primary N) is 1. The predicted molar refractivity (Wildman–Crippen MR) is 74.9 cm³/mol. The van der Waals surface area contributed by atoms with Crippen molar-refractivity contribution in [3.8, 4) is 0 Å². The van der Waals surface area contributed by atoms with Crippen molar-refractivity contribution in [3.63, 3.8) is 0 Å². The number of carboxylic acid groups (broad SMARTS) is 1. The first-order valence-corrected chi connectivity index (χ1v) is 6.35. The summed E-state index contributed by atoms with van der Waals surface area (Å²) in [6.07, 6.45) is 1.60. The molecular weight excluding hydrogens is 244 g/mol. The van der Waals surface area contributed by atoms with Crippen LogP contribution in [0.4, 0.5) is 11.4 Å². The Bertz CT molecular complexity index is 460. The zero-order valence-electron chi connectivity index (χ0n) is 11.3. The number of rotatable bonds is 6. The molecule has 3 N–H and O–H groups in total. The summed E-state index contributed by atoms with van der Waals surface area (Å²) in [6.45, 7) is 3.42. The number of benzene rings is 1. The van der Waals surface area contributed by atoms with Crippen LogP contribution in [0.5, 0.6) is 0 Å². The molecule has 0 aromatic heterocycles. The number of nitrogen functional groups attached to an aromatic ring is 1. The molecule has 5 nitrogen and oxygen atoms in total. The third-order valence-electron chi connectivity index (χ3n) is 2.93. The van der Waals surface area contributed by atoms with Crippen LogP contribution in [0.2, 0.25) is 0 Å². The van der Waals surface area contributed by atoms with Gasteiger partial charge in [-0.2, -0.15) is 0 Å². The number of carbonyl (C=O) groups is 2. The fraction of sp³-hybridized carbons (Fsp3) is 0.429. The molecule has 5 heteroatoms. The zero-order valence-corrected chi connectivity index (χ0v) is 11.3. The number of hydrogen-bond donors (Lipinski definition) is 2. The van der Waals surface area contributed by atoms with E-state index in [1.807, 2.05) is 6.92 Å². The van der Waals surface area contributed by atoms with Crippen LogP contribution in [0.1, 0.15) is 26.7 Å². The van der Waals surface area contributed by atoms with E-state index in [-0.39, 0.29) is 18.4 Å². The monoisotopic (exact) mass is 264 g/mol. The van der Waals surface area contributed by atoms with Gasteiger partial charge in [0.2, 0.25) is 5.91 Å². The molecule has 0 aliphatic rings. The van der Waals surface area contributed by atoms with Crippen molar-refractivity contribution < 1.29 is 14.7 Å².